The molecular formula is C25H32ClFN4O2. The van der Waals surface area contributed by atoms with Crippen molar-refractivity contribution >= 4 is 29.4 Å². The second kappa shape index (κ2) is 11.9. The lowest BCUT2D eigenvalue weighted by atomic mass is 9.92. The summed E-state index contributed by atoms with van der Waals surface area (Å²) in [6.07, 6.45) is 9.22. The van der Waals surface area contributed by atoms with E-state index >= 15 is 0 Å². The molecule has 0 heterocycles. The van der Waals surface area contributed by atoms with Gasteiger partial charge in [-0.1, -0.05) is 51.3 Å². The Morgan fingerprint density at radius 2 is 2.03 bits per heavy atom. The summed E-state index contributed by atoms with van der Waals surface area (Å²) in [7, 11) is 0. The number of amidine groups is 1. The van der Waals surface area contributed by atoms with Gasteiger partial charge in [-0.15, -0.1) is 0 Å². The van der Waals surface area contributed by atoms with Crippen molar-refractivity contribution in [1.29, 1.82) is 0 Å². The van der Waals surface area contributed by atoms with Crippen LogP contribution in [0.15, 0.2) is 51.4 Å². The molecule has 2 rings (SSSR count). The van der Waals surface area contributed by atoms with Gasteiger partial charge >= 0.3 is 6.03 Å². The van der Waals surface area contributed by atoms with Crippen LogP contribution in [0.2, 0.25) is 0 Å². The molecule has 0 bridgehead atoms. The maximum absolute atomic E-state index is 13.8. The van der Waals surface area contributed by atoms with Gasteiger partial charge in [0.1, 0.15) is 5.84 Å². The number of urea groups is 1. The van der Waals surface area contributed by atoms with Gasteiger partial charge in [0.25, 0.3) is 0 Å². The van der Waals surface area contributed by atoms with Crippen molar-refractivity contribution in [2.75, 3.05) is 6.54 Å². The molecule has 3 amide bonds. The van der Waals surface area contributed by atoms with Crippen LogP contribution in [0.4, 0.5) is 9.18 Å². The number of hydrogen-bond donors (Lipinski definition) is 3. The third-order valence-corrected chi connectivity index (χ3v) is 5.41. The number of carbonyl (C=O) groups is 2. The zero-order valence-corrected chi connectivity index (χ0v) is 20.4. The molecule has 178 valence electrons. The third kappa shape index (κ3) is 9.27. The van der Waals surface area contributed by atoms with Gasteiger partial charge in [-0.2, -0.15) is 9.38 Å². The van der Waals surface area contributed by atoms with Crippen LogP contribution in [0.25, 0.3) is 0 Å². The number of nitrogens with two attached hydrogens (primary N) is 1. The van der Waals surface area contributed by atoms with E-state index in [0.29, 0.717) is 41.6 Å². The molecule has 0 radical (unpaired) electrons. The van der Waals surface area contributed by atoms with E-state index in [9.17, 15) is 14.0 Å². The summed E-state index contributed by atoms with van der Waals surface area (Å²) in [5, 5.41) is 5.92. The average Bonchev–Trinajstić information content (AvgIpc) is 3.58. The Kier molecular flexibility index (Phi) is 9.48. The van der Waals surface area contributed by atoms with Crippen LogP contribution in [-0.2, 0) is 4.79 Å². The van der Waals surface area contributed by atoms with Crippen molar-refractivity contribution in [2.24, 2.45) is 28.0 Å². The molecule has 0 aromatic rings. The van der Waals surface area contributed by atoms with Crippen molar-refractivity contribution < 1.29 is 14.0 Å². The second-order valence-corrected chi connectivity index (χ2v) is 9.55. The fraction of sp³-hybridized carbons (Fsp3) is 0.480. The predicted molar refractivity (Wildman–Crippen MR) is 131 cm³/mol. The zero-order chi connectivity index (χ0) is 24.6. The van der Waals surface area contributed by atoms with Crippen LogP contribution in [-0.4, -0.2) is 24.3 Å². The molecule has 1 fully saturated rings. The lowest BCUT2D eigenvalue weighted by Gasteiger charge is -2.23. The number of allylic oxidation sites excluding steroid dienone is 6. The van der Waals surface area contributed by atoms with Gasteiger partial charge in [-0.25, -0.2) is 4.79 Å². The maximum atomic E-state index is 13.8. The van der Waals surface area contributed by atoms with Crippen LogP contribution in [0.3, 0.4) is 0 Å². The normalized spacial score (nSPS) is 19.7. The van der Waals surface area contributed by atoms with E-state index in [4.69, 9.17) is 17.3 Å². The van der Waals surface area contributed by atoms with Crippen molar-refractivity contribution in [3.63, 3.8) is 0 Å². The van der Waals surface area contributed by atoms with Crippen LogP contribution in [0.1, 0.15) is 53.4 Å². The molecule has 0 spiro atoms. The van der Waals surface area contributed by atoms with Gasteiger partial charge in [0.15, 0.2) is 5.83 Å². The van der Waals surface area contributed by atoms with Gasteiger partial charge in [0.2, 0.25) is 5.91 Å². The fourth-order valence-corrected chi connectivity index (χ4v) is 3.06. The summed E-state index contributed by atoms with van der Waals surface area (Å²) in [4.78, 5) is 28.4. The molecule has 1 unspecified atom stereocenters. The first-order valence-corrected chi connectivity index (χ1v) is 11.5. The first kappa shape index (κ1) is 26.4. The first-order chi connectivity index (χ1) is 15.5. The summed E-state index contributed by atoms with van der Waals surface area (Å²) >= 11 is 6.27. The summed E-state index contributed by atoms with van der Waals surface area (Å²) < 4.78 is 13.8. The van der Waals surface area contributed by atoms with E-state index < -0.39 is 17.3 Å². The molecule has 0 aromatic heterocycles. The zero-order valence-electron chi connectivity index (χ0n) is 19.6. The van der Waals surface area contributed by atoms with E-state index in [1.54, 1.807) is 6.08 Å². The molecule has 1 saturated carbocycles. The van der Waals surface area contributed by atoms with Crippen molar-refractivity contribution in [3.05, 3.63) is 46.4 Å². The van der Waals surface area contributed by atoms with E-state index in [1.165, 1.54) is 12.2 Å². The highest BCUT2D eigenvalue weighted by Crippen LogP contribution is 2.28. The number of nitrogens with zero attached hydrogens (tertiary/aromatic N) is 1. The molecular weight excluding hydrogens is 443 g/mol. The standard InChI is InChI=1S/C25H32ClFN4O2/c1-5-19(12-11-18(27)10-8-16-6-7-16)30-24(33)31-22(28)20-14-17(9-13-21(20)26)15-29-23(32)25(2,3)4/h9,11-13,16-17H,5-7,14-15H2,1-4H3,(H,29,32)(H3,28,30,31,33)/b18-11-,19-12+. The van der Waals surface area contributed by atoms with E-state index in [0.717, 1.165) is 12.8 Å². The molecule has 2 aliphatic carbocycles. The number of hydrogen-bond acceptors (Lipinski definition) is 2. The average molecular weight is 475 g/mol. The van der Waals surface area contributed by atoms with Crippen LogP contribution in [0, 0.1) is 29.1 Å². The Hall–Kier alpha value is -2.85. The Bertz CT molecular complexity index is 986. The molecule has 2 aliphatic rings. The molecule has 1 atom stereocenters. The van der Waals surface area contributed by atoms with E-state index in [1.807, 2.05) is 33.8 Å². The number of halogens is 2. The van der Waals surface area contributed by atoms with E-state index in [2.05, 4.69) is 27.5 Å². The van der Waals surface area contributed by atoms with Crippen LogP contribution >= 0.6 is 11.6 Å². The van der Waals surface area contributed by atoms with Crippen LogP contribution < -0.4 is 16.4 Å². The van der Waals surface area contributed by atoms with Crippen molar-refractivity contribution in [3.8, 4) is 11.8 Å². The van der Waals surface area contributed by atoms with Gasteiger partial charge in [-0.05, 0) is 55.7 Å². The minimum Gasteiger partial charge on any atom is -0.383 e. The topological polar surface area (TPSA) is 96.6 Å². The maximum Gasteiger partial charge on any atom is 0.347 e. The number of carbonyl (C=O) groups excluding carboxylic acids is 2. The molecule has 6 nitrogen and oxygen atoms in total. The number of rotatable bonds is 6. The monoisotopic (exact) mass is 474 g/mol. The lowest BCUT2D eigenvalue weighted by Crippen LogP contribution is -2.38. The first-order valence-electron chi connectivity index (χ1n) is 11.1. The van der Waals surface area contributed by atoms with Gasteiger partial charge < -0.3 is 16.4 Å². The summed E-state index contributed by atoms with van der Waals surface area (Å²) in [5.41, 5.74) is 6.58. The minimum atomic E-state index is -0.678. The summed E-state index contributed by atoms with van der Waals surface area (Å²) in [5.74, 6) is 4.98. The molecule has 0 saturated heterocycles. The smallest absolute Gasteiger partial charge is 0.347 e. The minimum absolute atomic E-state index is 0.00136. The van der Waals surface area contributed by atoms with Crippen molar-refractivity contribution in [2.45, 2.75) is 53.4 Å². The summed E-state index contributed by atoms with van der Waals surface area (Å²) in [6, 6.07) is -0.678. The van der Waals surface area contributed by atoms with E-state index in [-0.39, 0.29) is 17.7 Å². The number of amides is 3. The predicted octanol–water partition coefficient (Wildman–Crippen LogP) is 4.85. The fourth-order valence-electron chi connectivity index (χ4n) is 2.81. The summed E-state index contributed by atoms with van der Waals surface area (Å²) in [6.45, 7) is 7.77. The number of aliphatic imine (C=N–C) groups is 1. The van der Waals surface area contributed by atoms with Gasteiger partial charge in [-0.3, -0.25) is 4.79 Å². The quantitative estimate of drug-likeness (QED) is 0.222. The molecule has 0 aliphatic heterocycles. The Morgan fingerprint density at radius 3 is 2.64 bits per heavy atom. The lowest BCUT2D eigenvalue weighted by molar-refractivity contribution is -0.128. The highest BCUT2D eigenvalue weighted by molar-refractivity contribution is 6.34. The molecule has 33 heavy (non-hydrogen) atoms. The highest BCUT2D eigenvalue weighted by atomic mass is 35.5. The van der Waals surface area contributed by atoms with Gasteiger partial charge in [0, 0.05) is 34.2 Å². The Balaban J connectivity index is 1.99. The molecule has 8 heteroatoms. The second-order valence-electron chi connectivity index (χ2n) is 9.14. The Morgan fingerprint density at radius 1 is 1.33 bits per heavy atom. The van der Waals surface area contributed by atoms with Crippen molar-refractivity contribution in [1.82, 2.24) is 10.6 Å². The SMILES string of the molecule is CC/C(=C\C=C(/F)C#CC1CC1)NC(=O)N=C(N)C1=C(Cl)C=CC(CNC(=O)C(C)(C)C)C1. The molecule has 4 N–H and O–H groups in total. The largest absolute Gasteiger partial charge is 0.383 e. The number of nitrogens with one attached hydrogen (secondary N) is 2. The Labute approximate surface area is 200 Å². The van der Waals surface area contributed by atoms with Crippen LogP contribution in [0.5, 0.6) is 0 Å². The highest BCUT2D eigenvalue weighted by Gasteiger charge is 2.24. The molecule has 0 aromatic carbocycles. The van der Waals surface area contributed by atoms with Gasteiger partial charge in [0.05, 0.1) is 0 Å². The third-order valence-electron chi connectivity index (χ3n) is 5.06.